The normalized spacial score (nSPS) is 11.0. The molecule has 2 aromatic carbocycles. The number of benzene rings is 2. The van der Waals surface area contributed by atoms with Crippen molar-refractivity contribution in [3.8, 4) is 6.07 Å². The van der Waals surface area contributed by atoms with E-state index >= 15 is 0 Å². The maximum atomic E-state index is 12.0. The molecule has 7 heteroatoms. The second kappa shape index (κ2) is 8.99. The van der Waals surface area contributed by atoms with Gasteiger partial charge in [0, 0.05) is 12.0 Å². The number of hydrogen-bond donors (Lipinski definition) is 3. The van der Waals surface area contributed by atoms with E-state index in [1.807, 2.05) is 6.07 Å². The van der Waals surface area contributed by atoms with Crippen molar-refractivity contribution >= 4 is 17.7 Å². The van der Waals surface area contributed by atoms with Crippen LogP contribution in [0.5, 0.6) is 0 Å². The minimum absolute atomic E-state index is 0.194. The maximum Gasteiger partial charge on any atom is 0.251 e. The fourth-order valence-electron chi connectivity index (χ4n) is 2.27. The number of rotatable bonds is 7. The third-order valence-corrected chi connectivity index (χ3v) is 3.65. The van der Waals surface area contributed by atoms with Gasteiger partial charge in [-0.15, -0.1) is 0 Å². The summed E-state index contributed by atoms with van der Waals surface area (Å²) in [5.74, 6) is -1.59. The maximum absolute atomic E-state index is 12.0. The van der Waals surface area contributed by atoms with E-state index in [2.05, 4.69) is 10.6 Å². The van der Waals surface area contributed by atoms with Crippen molar-refractivity contribution in [2.45, 2.75) is 12.5 Å². The molecule has 0 unspecified atom stereocenters. The number of nitrogens with one attached hydrogen (secondary N) is 2. The van der Waals surface area contributed by atoms with Gasteiger partial charge in [0.05, 0.1) is 18.2 Å². The van der Waals surface area contributed by atoms with Gasteiger partial charge in [0.15, 0.2) is 0 Å². The van der Waals surface area contributed by atoms with Crippen LogP contribution in [0.1, 0.15) is 21.5 Å². The lowest BCUT2D eigenvalue weighted by molar-refractivity contribution is -0.126. The monoisotopic (exact) mass is 350 g/mol. The van der Waals surface area contributed by atoms with Gasteiger partial charge in [0.1, 0.15) is 6.04 Å². The Balaban J connectivity index is 1.90. The molecule has 0 heterocycles. The third-order valence-electron chi connectivity index (χ3n) is 3.65. The quantitative estimate of drug-likeness (QED) is 0.672. The highest BCUT2D eigenvalue weighted by molar-refractivity contribution is 5.97. The first kappa shape index (κ1) is 18.7. The topological polar surface area (TPSA) is 125 Å². The highest BCUT2D eigenvalue weighted by Crippen LogP contribution is 2.06. The fourth-order valence-corrected chi connectivity index (χ4v) is 2.27. The van der Waals surface area contributed by atoms with Gasteiger partial charge in [-0.3, -0.25) is 14.4 Å². The zero-order valence-corrected chi connectivity index (χ0v) is 13.9. The summed E-state index contributed by atoms with van der Waals surface area (Å²) in [6.07, 6.45) is 0.194. The molecule has 0 aliphatic rings. The first-order valence-electron chi connectivity index (χ1n) is 7.90. The molecule has 0 radical (unpaired) electrons. The molecule has 3 amide bonds. The van der Waals surface area contributed by atoms with E-state index in [-0.39, 0.29) is 18.9 Å². The number of hydrogen-bond acceptors (Lipinski definition) is 4. The largest absolute Gasteiger partial charge is 0.368 e. The summed E-state index contributed by atoms with van der Waals surface area (Å²) in [6.45, 7) is -0.273. The molecule has 2 aromatic rings. The number of primary amides is 1. The van der Waals surface area contributed by atoms with E-state index in [4.69, 9.17) is 11.0 Å². The Bertz CT molecular complexity index is 826. The smallest absolute Gasteiger partial charge is 0.251 e. The predicted molar refractivity (Wildman–Crippen MR) is 94.8 cm³/mol. The Hall–Kier alpha value is -3.66. The molecule has 0 fully saturated rings. The van der Waals surface area contributed by atoms with E-state index < -0.39 is 17.9 Å². The standard InChI is InChI=1S/C19H18N4O3/c20-11-14-8-6-13(7-9-14)10-16(18(21)25)23-17(24)12-22-19(26)15-4-2-1-3-5-15/h1-9,16H,10,12H2,(H2,21,25)(H,22,26)(H,23,24)/t16-/m0/s1. The molecule has 1 atom stereocenters. The second-order valence-electron chi connectivity index (χ2n) is 5.58. The minimum atomic E-state index is -0.913. The first-order valence-corrected chi connectivity index (χ1v) is 7.90. The number of nitrogens with zero attached hydrogens (tertiary/aromatic N) is 1. The van der Waals surface area contributed by atoms with Crippen LogP contribution in [0.3, 0.4) is 0 Å². The molecular weight excluding hydrogens is 332 g/mol. The van der Waals surface area contributed by atoms with E-state index in [0.717, 1.165) is 5.56 Å². The molecule has 4 N–H and O–H groups in total. The van der Waals surface area contributed by atoms with Gasteiger partial charge in [-0.25, -0.2) is 0 Å². The lowest BCUT2D eigenvalue weighted by atomic mass is 10.0. The summed E-state index contributed by atoms with van der Waals surface area (Å²) in [4.78, 5) is 35.5. The van der Waals surface area contributed by atoms with Crippen molar-refractivity contribution in [3.05, 3.63) is 71.3 Å². The van der Waals surface area contributed by atoms with Crippen molar-refractivity contribution in [1.82, 2.24) is 10.6 Å². The third kappa shape index (κ3) is 5.46. The Labute approximate surface area is 150 Å². The summed E-state index contributed by atoms with van der Waals surface area (Å²) in [6, 6.07) is 16.2. The SMILES string of the molecule is N#Cc1ccc(C[C@H](NC(=O)CNC(=O)c2ccccc2)C(N)=O)cc1. The lowest BCUT2D eigenvalue weighted by Gasteiger charge is -2.16. The van der Waals surface area contributed by atoms with Gasteiger partial charge in [-0.05, 0) is 29.8 Å². The molecule has 0 bridgehead atoms. The Morgan fingerprint density at radius 1 is 1.04 bits per heavy atom. The van der Waals surface area contributed by atoms with Crippen LogP contribution in [0.4, 0.5) is 0 Å². The van der Waals surface area contributed by atoms with Crippen LogP contribution in [-0.4, -0.2) is 30.3 Å². The van der Waals surface area contributed by atoms with E-state index in [9.17, 15) is 14.4 Å². The van der Waals surface area contributed by atoms with Crippen LogP contribution >= 0.6 is 0 Å². The number of nitrogens with two attached hydrogens (primary N) is 1. The van der Waals surface area contributed by atoms with Crippen LogP contribution in [-0.2, 0) is 16.0 Å². The Morgan fingerprint density at radius 2 is 1.69 bits per heavy atom. The summed E-state index contributed by atoms with van der Waals surface area (Å²) >= 11 is 0. The zero-order chi connectivity index (χ0) is 18.9. The molecule has 0 aliphatic carbocycles. The van der Waals surface area contributed by atoms with E-state index in [1.54, 1.807) is 54.6 Å². The molecule has 0 aliphatic heterocycles. The van der Waals surface area contributed by atoms with Crippen molar-refractivity contribution in [2.24, 2.45) is 5.73 Å². The van der Waals surface area contributed by atoms with Gasteiger partial charge in [0.25, 0.3) is 5.91 Å². The summed E-state index contributed by atoms with van der Waals surface area (Å²) in [7, 11) is 0. The molecule has 0 spiro atoms. The molecule has 0 aromatic heterocycles. The average molecular weight is 350 g/mol. The average Bonchev–Trinajstić information content (AvgIpc) is 2.66. The zero-order valence-electron chi connectivity index (χ0n) is 13.9. The second-order valence-corrected chi connectivity index (χ2v) is 5.58. The van der Waals surface area contributed by atoms with Gasteiger partial charge < -0.3 is 16.4 Å². The van der Waals surface area contributed by atoms with Crippen LogP contribution in [0.2, 0.25) is 0 Å². The van der Waals surface area contributed by atoms with Gasteiger partial charge in [-0.1, -0.05) is 30.3 Å². The predicted octanol–water partition coefficient (Wildman–Crippen LogP) is 0.501. The van der Waals surface area contributed by atoms with Gasteiger partial charge in [-0.2, -0.15) is 5.26 Å². The van der Waals surface area contributed by atoms with Crippen molar-refractivity contribution in [1.29, 1.82) is 5.26 Å². The fraction of sp³-hybridized carbons (Fsp3) is 0.158. The highest BCUT2D eigenvalue weighted by Gasteiger charge is 2.19. The molecular formula is C19H18N4O3. The van der Waals surface area contributed by atoms with Crippen LogP contribution < -0.4 is 16.4 Å². The Kier molecular flexibility index (Phi) is 6.46. The van der Waals surface area contributed by atoms with Gasteiger partial charge >= 0.3 is 0 Å². The van der Waals surface area contributed by atoms with E-state index in [0.29, 0.717) is 11.1 Å². The molecule has 7 nitrogen and oxygen atoms in total. The lowest BCUT2D eigenvalue weighted by Crippen LogP contribution is -2.49. The molecule has 0 saturated heterocycles. The van der Waals surface area contributed by atoms with E-state index in [1.165, 1.54) is 0 Å². The van der Waals surface area contributed by atoms with Crippen LogP contribution in [0.25, 0.3) is 0 Å². The molecule has 0 saturated carbocycles. The Morgan fingerprint density at radius 3 is 2.27 bits per heavy atom. The number of carbonyl (C=O) groups excluding carboxylic acids is 3. The number of amides is 3. The molecule has 132 valence electrons. The first-order chi connectivity index (χ1) is 12.5. The van der Waals surface area contributed by atoms with Gasteiger partial charge in [0.2, 0.25) is 11.8 Å². The van der Waals surface area contributed by atoms with Crippen molar-refractivity contribution in [2.75, 3.05) is 6.54 Å². The van der Waals surface area contributed by atoms with Crippen molar-refractivity contribution in [3.63, 3.8) is 0 Å². The minimum Gasteiger partial charge on any atom is -0.368 e. The van der Waals surface area contributed by atoms with Crippen molar-refractivity contribution < 1.29 is 14.4 Å². The summed E-state index contributed by atoms with van der Waals surface area (Å²) in [5.41, 5.74) is 7.03. The summed E-state index contributed by atoms with van der Waals surface area (Å²) in [5, 5.41) is 13.8. The van der Waals surface area contributed by atoms with Crippen LogP contribution in [0, 0.1) is 11.3 Å². The number of nitriles is 1. The van der Waals surface area contributed by atoms with Crippen LogP contribution in [0.15, 0.2) is 54.6 Å². The number of carbonyl (C=O) groups is 3. The molecule has 2 rings (SSSR count). The highest BCUT2D eigenvalue weighted by atomic mass is 16.2. The summed E-state index contributed by atoms with van der Waals surface area (Å²) < 4.78 is 0. The molecule has 26 heavy (non-hydrogen) atoms.